The van der Waals surface area contributed by atoms with Gasteiger partial charge in [-0.2, -0.15) is 0 Å². The zero-order valence-electron chi connectivity index (χ0n) is 10.6. The average Bonchev–Trinajstić information content (AvgIpc) is 2.34. The summed E-state index contributed by atoms with van der Waals surface area (Å²) in [6.45, 7) is 0. The van der Waals surface area contributed by atoms with Gasteiger partial charge < -0.3 is 0 Å². The van der Waals surface area contributed by atoms with Gasteiger partial charge in [0.15, 0.2) is 0 Å². The zero-order valence-corrected chi connectivity index (χ0v) is 10.6. The van der Waals surface area contributed by atoms with Gasteiger partial charge in [0, 0.05) is 12.8 Å². The van der Waals surface area contributed by atoms with Crippen LogP contribution in [0.25, 0.3) is 10.8 Å². The monoisotopic (exact) mass is 238 g/mol. The minimum atomic E-state index is 0.398. The molecule has 0 spiro atoms. The minimum absolute atomic E-state index is 0.398. The number of hydrogen-bond donors (Lipinski definition) is 0. The Kier molecular flexibility index (Phi) is 3.14. The number of rotatable bonds is 4. The van der Waals surface area contributed by atoms with Crippen molar-refractivity contribution in [2.75, 3.05) is 0 Å². The van der Waals surface area contributed by atoms with Crippen LogP contribution in [-0.4, -0.2) is 5.78 Å². The van der Waals surface area contributed by atoms with Crippen molar-refractivity contribution in [1.82, 2.24) is 0 Å². The highest BCUT2D eigenvalue weighted by atomic mass is 16.1. The van der Waals surface area contributed by atoms with Crippen LogP contribution in [0.4, 0.5) is 0 Å². The summed E-state index contributed by atoms with van der Waals surface area (Å²) >= 11 is 0. The highest BCUT2D eigenvalue weighted by molar-refractivity contribution is 5.86. The third-order valence-corrected chi connectivity index (χ3v) is 3.96. The lowest BCUT2D eigenvalue weighted by Gasteiger charge is -2.24. The van der Waals surface area contributed by atoms with E-state index in [0.29, 0.717) is 18.1 Å². The molecule has 1 fully saturated rings. The highest BCUT2D eigenvalue weighted by Crippen LogP contribution is 2.30. The number of fused-ring (bicyclic) bond motifs is 1. The molecule has 1 aliphatic carbocycles. The van der Waals surface area contributed by atoms with E-state index in [1.165, 1.54) is 30.0 Å². The van der Waals surface area contributed by atoms with Crippen molar-refractivity contribution in [3.63, 3.8) is 0 Å². The fourth-order valence-corrected chi connectivity index (χ4v) is 2.67. The first-order chi connectivity index (χ1) is 8.81. The van der Waals surface area contributed by atoms with Crippen LogP contribution in [0.15, 0.2) is 42.5 Å². The molecule has 92 valence electrons. The smallest absolute Gasteiger partial charge is 0.137 e. The number of carbonyl (C=O) groups is 1. The van der Waals surface area contributed by atoms with Gasteiger partial charge in [-0.25, -0.2) is 0 Å². The maximum Gasteiger partial charge on any atom is 0.137 e. The molecule has 0 radical (unpaired) electrons. The molecule has 1 nitrogen and oxygen atoms in total. The summed E-state index contributed by atoms with van der Waals surface area (Å²) in [6.07, 6.45) is 5.20. The van der Waals surface area contributed by atoms with E-state index in [-0.39, 0.29) is 0 Å². The molecule has 0 heterocycles. The van der Waals surface area contributed by atoms with Gasteiger partial charge in [-0.15, -0.1) is 0 Å². The number of benzene rings is 2. The van der Waals surface area contributed by atoms with Crippen molar-refractivity contribution in [3.05, 3.63) is 48.0 Å². The first kappa shape index (κ1) is 11.5. The van der Waals surface area contributed by atoms with Crippen molar-refractivity contribution in [2.24, 2.45) is 5.92 Å². The van der Waals surface area contributed by atoms with Crippen LogP contribution in [0.1, 0.15) is 31.2 Å². The van der Waals surface area contributed by atoms with Gasteiger partial charge in [-0.05, 0) is 22.3 Å². The number of carbonyl (C=O) groups excluding carboxylic acids is 1. The molecule has 0 saturated heterocycles. The molecule has 0 aliphatic heterocycles. The fourth-order valence-electron chi connectivity index (χ4n) is 2.67. The lowest BCUT2D eigenvalue weighted by atomic mass is 9.81. The summed E-state index contributed by atoms with van der Waals surface area (Å²) in [5.74, 6) is 1.08. The molecule has 0 N–H and O–H groups in total. The van der Waals surface area contributed by atoms with E-state index in [1.807, 2.05) is 12.1 Å². The number of hydrogen-bond acceptors (Lipinski definition) is 1. The molecule has 0 unspecified atom stereocenters. The summed E-state index contributed by atoms with van der Waals surface area (Å²) < 4.78 is 0. The second-order valence-corrected chi connectivity index (χ2v) is 5.40. The van der Waals surface area contributed by atoms with Crippen LogP contribution < -0.4 is 0 Å². The summed E-state index contributed by atoms with van der Waals surface area (Å²) in [5.41, 5.74) is 1.15. The van der Waals surface area contributed by atoms with Crippen molar-refractivity contribution >= 4 is 16.6 Å². The molecule has 1 aliphatic rings. The second-order valence-electron chi connectivity index (χ2n) is 5.40. The van der Waals surface area contributed by atoms with E-state index < -0.39 is 0 Å². The van der Waals surface area contributed by atoms with Crippen molar-refractivity contribution in [1.29, 1.82) is 0 Å². The molecule has 2 aromatic carbocycles. The molecule has 0 amide bonds. The number of Topliss-reactive ketones (excluding diaryl/α,β-unsaturated/α-hetero) is 1. The Bertz CT molecular complexity index is 567. The third kappa shape index (κ3) is 2.45. The highest BCUT2D eigenvalue weighted by Gasteiger charge is 2.20. The van der Waals surface area contributed by atoms with Crippen LogP contribution in [0.2, 0.25) is 0 Å². The standard InChI is InChI=1S/C17H18O/c18-17(11-13-4-3-5-13)12-14-8-9-15-6-1-2-7-16(15)10-14/h1-2,6-10,13H,3-5,11-12H2. The van der Waals surface area contributed by atoms with Crippen LogP contribution in [0, 0.1) is 5.92 Å². The van der Waals surface area contributed by atoms with E-state index in [2.05, 4.69) is 30.3 Å². The van der Waals surface area contributed by atoms with Gasteiger partial charge in [-0.3, -0.25) is 4.79 Å². The Morgan fingerprint density at radius 1 is 1.06 bits per heavy atom. The molecule has 1 heteroatoms. The van der Waals surface area contributed by atoms with Crippen LogP contribution in [0.3, 0.4) is 0 Å². The second kappa shape index (κ2) is 4.93. The van der Waals surface area contributed by atoms with E-state index >= 15 is 0 Å². The van der Waals surface area contributed by atoms with Gasteiger partial charge in [0.1, 0.15) is 5.78 Å². The molecule has 0 atom stereocenters. The molecule has 0 aromatic heterocycles. The largest absolute Gasteiger partial charge is 0.299 e. The topological polar surface area (TPSA) is 17.1 Å². The van der Waals surface area contributed by atoms with Crippen molar-refractivity contribution in [2.45, 2.75) is 32.1 Å². The van der Waals surface area contributed by atoms with Crippen molar-refractivity contribution in [3.8, 4) is 0 Å². The first-order valence-electron chi connectivity index (χ1n) is 6.80. The molecular weight excluding hydrogens is 220 g/mol. The molecule has 3 rings (SSSR count). The summed E-state index contributed by atoms with van der Waals surface area (Å²) in [7, 11) is 0. The van der Waals surface area contributed by atoms with Gasteiger partial charge in [-0.1, -0.05) is 61.7 Å². The van der Waals surface area contributed by atoms with Gasteiger partial charge >= 0.3 is 0 Å². The third-order valence-electron chi connectivity index (χ3n) is 3.96. The Balaban J connectivity index is 1.71. The Hall–Kier alpha value is -1.63. The van der Waals surface area contributed by atoms with Crippen molar-refractivity contribution < 1.29 is 4.79 Å². The van der Waals surface area contributed by atoms with E-state index in [9.17, 15) is 4.79 Å². The maximum atomic E-state index is 12.0. The average molecular weight is 238 g/mol. The van der Waals surface area contributed by atoms with Gasteiger partial charge in [0.2, 0.25) is 0 Å². The van der Waals surface area contributed by atoms with Gasteiger partial charge in [0.05, 0.1) is 0 Å². The maximum absolute atomic E-state index is 12.0. The predicted molar refractivity (Wildman–Crippen MR) is 74.6 cm³/mol. The molecule has 18 heavy (non-hydrogen) atoms. The van der Waals surface area contributed by atoms with Gasteiger partial charge in [0.25, 0.3) is 0 Å². The van der Waals surface area contributed by atoms with Crippen LogP contribution in [-0.2, 0) is 11.2 Å². The van der Waals surface area contributed by atoms with E-state index in [1.54, 1.807) is 0 Å². The predicted octanol–water partition coefficient (Wildman–Crippen LogP) is 4.14. The quantitative estimate of drug-likeness (QED) is 0.782. The summed E-state index contributed by atoms with van der Waals surface area (Å²) in [4.78, 5) is 12.0. The van der Waals surface area contributed by atoms with E-state index in [4.69, 9.17) is 0 Å². The summed E-state index contributed by atoms with van der Waals surface area (Å²) in [5, 5.41) is 2.47. The SMILES string of the molecule is O=C(Cc1ccc2ccccc2c1)CC1CCC1. The Labute approximate surface area is 108 Å². The Morgan fingerprint density at radius 2 is 1.83 bits per heavy atom. The van der Waals surface area contributed by atoms with E-state index in [0.717, 1.165) is 12.0 Å². The minimum Gasteiger partial charge on any atom is -0.299 e. The Morgan fingerprint density at radius 3 is 2.56 bits per heavy atom. The normalized spacial score (nSPS) is 15.6. The molecule has 1 saturated carbocycles. The number of ketones is 1. The summed E-state index contributed by atoms with van der Waals surface area (Å²) in [6, 6.07) is 14.6. The fraction of sp³-hybridized carbons (Fsp3) is 0.353. The molecule has 0 bridgehead atoms. The first-order valence-corrected chi connectivity index (χ1v) is 6.80. The zero-order chi connectivity index (χ0) is 12.4. The molecule has 2 aromatic rings. The lowest BCUT2D eigenvalue weighted by molar-refractivity contribution is -0.119. The molecular formula is C17H18O. The van der Waals surface area contributed by atoms with Crippen LogP contribution >= 0.6 is 0 Å². The van der Waals surface area contributed by atoms with Crippen LogP contribution in [0.5, 0.6) is 0 Å². The lowest BCUT2D eigenvalue weighted by Crippen LogP contribution is -2.17.